The van der Waals surface area contributed by atoms with Crippen LogP contribution >= 0.6 is 23.1 Å². The highest BCUT2D eigenvalue weighted by molar-refractivity contribution is 8.03. The second-order valence-corrected chi connectivity index (χ2v) is 14.2. The fraction of sp³-hybridized carbons (Fsp3) is 0.270. The molecule has 2 aliphatic rings. The van der Waals surface area contributed by atoms with Gasteiger partial charge in [-0.3, -0.25) is 0 Å². The van der Waals surface area contributed by atoms with Crippen LogP contribution in [0.4, 0.5) is 18.9 Å². The van der Waals surface area contributed by atoms with E-state index in [2.05, 4.69) is 98.2 Å². The average molecular weight is 630 g/mol. The second kappa shape index (κ2) is 12.1. The molecule has 0 saturated heterocycles. The Morgan fingerprint density at radius 1 is 0.955 bits per heavy atom. The van der Waals surface area contributed by atoms with Crippen molar-refractivity contribution < 1.29 is 17.7 Å². The molecule has 226 valence electrons. The van der Waals surface area contributed by atoms with Crippen LogP contribution in [0, 0.1) is 5.41 Å². The topological polar surface area (TPSA) is 7.12 Å². The van der Waals surface area contributed by atoms with E-state index in [1.54, 1.807) is 29.2 Å². The number of anilines is 1. The molecule has 0 saturated carbocycles. The first-order valence-corrected chi connectivity index (χ1v) is 16.7. The largest absolute Gasteiger partial charge is 0.416 e. The molecule has 0 unspecified atom stereocenters. The van der Waals surface area contributed by atoms with Crippen molar-refractivity contribution >= 4 is 45.1 Å². The fourth-order valence-electron chi connectivity index (χ4n) is 6.19. The summed E-state index contributed by atoms with van der Waals surface area (Å²) in [5.41, 5.74) is 6.24. The van der Waals surface area contributed by atoms with Crippen molar-refractivity contribution in [2.45, 2.75) is 58.2 Å². The van der Waals surface area contributed by atoms with Crippen LogP contribution in [0.15, 0.2) is 112 Å². The van der Waals surface area contributed by atoms with Gasteiger partial charge in [-0.15, -0.1) is 0 Å². The Kier molecular flexibility index (Phi) is 8.38. The van der Waals surface area contributed by atoms with Gasteiger partial charge >= 0.3 is 6.18 Å². The summed E-state index contributed by atoms with van der Waals surface area (Å²) in [5, 5.41) is 2.19. The molecule has 0 N–H and O–H groups in total. The Hall–Kier alpha value is -3.55. The first-order chi connectivity index (χ1) is 21.0. The molecular weight excluding hydrogens is 594 g/mol. The second-order valence-electron chi connectivity index (χ2n) is 12.1. The number of aromatic nitrogens is 1. The molecule has 7 heteroatoms. The van der Waals surface area contributed by atoms with E-state index in [9.17, 15) is 13.2 Å². The number of aryl methyl sites for hydroxylation is 1. The van der Waals surface area contributed by atoms with Crippen LogP contribution in [0.2, 0.25) is 0 Å². The van der Waals surface area contributed by atoms with Crippen LogP contribution < -0.4 is 9.47 Å². The smallest absolute Gasteiger partial charge is 0.335 e. The van der Waals surface area contributed by atoms with Crippen molar-refractivity contribution in [1.82, 2.24) is 0 Å². The highest BCUT2D eigenvalue weighted by Crippen LogP contribution is 2.49. The maximum atomic E-state index is 13.4. The van der Waals surface area contributed by atoms with Gasteiger partial charge in [0.1, 0.15) is 11.2 Å². The van der Waals surface area contributed by atoms with Crippen molar-refractivity contribution in [1.29, 1.82) is 0 Å². The SMILES string of the molecule is CCN1C(=CC2=CC(=CC=Cc3sc4ccc(-c5ccccc5)cc4[n+]3CC)CC(C)(C)C2)Sc2ccc(C(F)(F)F)cc21. The first-order valence-electron chi connectivity index (χ1n) is 15.0. The van der Waals surface area contributed by atoms with Gasteiger partial charge in [-0.25, -0.2) is 0 Å². The molecule has 0 bridgehead atoms. The lowest BCUT2D eigenvalue weighted by molar-refractivity contribution is -0.665. The molecule has 2 heterocycles. The molecule has 0 atom stereocenters. The predicted octanol–water partition coefficient (Wildman–Crippen LogP) is 11.1. The van der Waals surface area contributed by atoms with E-state index in [1.165, 1.54) is 49.6 Å². The molecule has 44 heavy (non-hydrogen) atoms. The van der Waals surface area contributed by atoms with E-state index < -0.39 is 11.7 Å². The minimum Gasteiger partial charge on any atom is -0.335 e. The number of allylic oxidation sites excluding steroid dienone is 6. The summed E-state index contributed by atoms with van der Waals surface area (Å²) in [7, 11) is 0. The zero-order valence-corrected chi connectivity index (χ0v) is 27.0. The summed E-state index contributed by atoms with van der Waals surface area (Å²) in [6.45, 7) is 10.2. The molecule has 6 rings (SSSR count). The number of hydrogen-bond donors (Lipinski definition) is 0. The number of thioether (sulfide) groups is 1. The van der Waals surface area contributed by atoms with Gasteiger partial charge < -0.3 is 4.90 Å². The van der Waals surface area contributed by atoms with E-state index in [0.717, 1.165) is 29.3 Å². The number of hydrogen-bond acceptors (Lipinski definition) is 3. The number of halogens is 3. The normalized spacial score (nSPS) is 18.5. The molecule has 4 aromatic rings. The lowest BCUT2D eigenvalue weighted by atomic mass is 9.75. The maximum Gasteiger partial charge on any atom is 0.416 e. The molecule has 1 aliphatic carbocycles. The Morgan fingerprint density at radius 2 is 1.75 bits per heavy atom. The molecule has 1 aromatic heterocycles. The Bertz CT molecular complexity index is 1820. The lowest BCUT2D eigenvalue weighted by Gasteiger charge is -2.31. The number of benzene rings is 3. The summed E-state index contributed by atoms with van der Waals surface area (Å²) in [5.74, 6) is 0. The van der Waals surface area contributed by atoms with Gasteiger partial charge in [-0.1, -0.05) is 91.6 Å². The molecule has 3 aromatic carbocycles. The minimum absolute atomic E-state index is 0.0756. The summed E-state index contributed by atoms with van der Waals surface area (Å²) in [4.78, 5) is 2.86. The summed E-state index contributed by atoms with van der Waals surface area (Å²) in [6, 6.07) is 21.2. The number of fused-ring (bicyclic) bond motifs is 2. The van der Waals surface area contributed by atoms with Crippen LogP contribution in [-0.2, 0) is 12.7 Å². The van der Waals surface area contributed by atoms with Gasteiger partial charge in [0.15, 0.2) is 0 Å². The van der Waals surface area contributed by atoms with Crippen molar-refractivity contribution in [2.24, 2.45) is 5.41 Å². The van der Waals surface area contributed by atoms with Crippen molar-refractivity contribution in [3.63, 3.8) is 0 Å². The molecule has 0 radical (unpaired) electrons. The maximum absolute atomic E-state index is 13.4. The highest BCUT2D eigenvalue weighted by Gasteiger charge is 2.34. The number of alkyl halides is 3. The van der Waals surface area contributed by atoms with Crippen LogP contribution in [0.3, 0.4) is 0 Å². The first kappa shape index (κ1) is 30.5. The third kappa shape index (κ3) is 6.31. The van der Waals surface area contributed by atoms with Crippen LogP contribution in [-0.4, -0.2) is 6.54 Å². The molecule has 0 fully saturated rings. The molecular formula is C37H36F3N2S2+. The standard InChI is InChI=1S/C37H36F3N2S2/c1-5-41-30-21-28(27-12-8-7-9-13-27)15-17-32(30)43-34(41)14-10-11-25-19-26(24-36(3,4)23-25)20-35-42(6-2)31-22-29(37(38,39)40)16-18-33(31)44-35/h7-22H,5-6,23-24H2,1-4H3/q+1. The number of thiazole rings is 1. The highest BCUT2D eigenvalue weighted by atomic mass is 32.2. The molecule has 1 aliphatic heterocycles. The van der Waals surface area contributed by atoms with Crippen molar-refractivity contribution in [3.8, 4) is 11.1 Å². The van der Waals surface area contributed by atoms with Crippen LogP contribution in [0.1, 0.15) is 51.1 Å². The molecule has 0 amide bonds. The van der Waals surface area contributed by atoms with Crippen molar-refractivity contribution in [3.05, 3.63) is 118 Å². The zero-order chi connectivity index (χ0) is 31.1. The summed E-state index contributed by atoms with van der Waals surface area (Å²) >= 11 is 3.35. The minimum atomic E-state index is -4.36. The van der Waals surface area contributed by atoms with Gasteiger partial charge in [0, 0.05) is 23.6 Å². The van der Waals surface area contributed by atoms with Crippen molar-refractivity contribution in [2.75, 3.05) is 11.4 Å². The van der Waals surface area contributed by atoms with Gasteiger partial charge in [-0.05, 0) is 84.7 Å². The Balaban J connectivity index is 1.28. The van der Waals surface area contributed by atoms with Crippen LogP contribution in [0.5, 0.6) is 0 Å². The number of rotatable bonds is 6. The fourth-order valence-corrected chi connectivity index (χ4v) is 8.49. The Labute approximate surface area is 265 Å². The third-order valence-electron chi connectivity index (χ3n) is 8.12. The van der Waals surface area contributed by atoms with E-state index in [1.807, 2.05) is 17.9 Å². The van der Waals surface area contributed by atoms with Crippen LogP contribution in [0.25, 0.3) is 27.4 Å². The Morgan fingerprint density at radius 3 is 2.48 bits per heavy atom. The van der Waals surface area contributed by atoms with E-state index >= 15 is 0 Å². The third-order valence-corrected chi connectivity index (χ3v) is 10.4. The van der Waals surface area contributed by atoms with Gasteiger partial charge in [-0.2, -0.15) is 17.7 Å². The molecule has 2 nitrogen and oxygen atoms in total. The number of nitrogens with zero attached hydrogens (tertiary/aromatic N) is 2. The van der Waals surface area contributed by atoms with E-state index in [0.29, 0.717) is 12.2 Å². The zero-order valence-electron chi connectivity index (χ0n) is 25.4. The van der Waals surface area contributed by atoms with Gasteiger partial charge in [0.25, 0.3) is 5.01 Å². The lowest BCUT2D eigenvalue weighted by Crippen LogP contribution is -2.33. The molecule has 0 spiro atoms. The van der Waals surface area contributed by atoms with E-state index in [4.69, 9.17) is 0 Å². The van der Waals surface area contributed by atoms with Gasteiger partial charge in [0.2, 0.25) is 5.52 Å². The monoisotopic (exact) mass is 629 g/mol. The van der Waals surface area contributed by atoms with Gasteiger partial charge in [0.05, 0.1) is 16.3 Å². The predicted molar refractivity (Wildman–Crippen MR) is 180 cm³/mol. The quantitative estimate of drug-likeness (QED) is 0.196. The average Bonchev–Trinajstić information content (AvgIpc) is 3.51. The summed E-state index contributed by atoms with van der Waals surface area (Å²) in [6.07, 6.45) is 8.52. The van der Waals surface area contributed by atoms with E-state index in [-0.39, 0.29) is 5.41 Å². The summed E-state index contributed by atoms with van der Waals surface area (Å²) < 4.78 is 43.9.